The van der Waals surface area contributed by atoms with Gasteiger partial charge in [-0.2, -0.15) is 0 Å². The molecule has 0 aliphatic heterocycles. The molecule has 2 rings (SSSR count). The second-order valence-electron chi connectivity index (χ2n) is 4.46. The highest BCUT2D eigenvalue weighted by molar-refractivity contribution is 5.89. The summed E-state index contributed by atoms with van der Waals surface area (Å²) in [6, 6.07) is 10.5. The molecule has 5 nitrogen and oxygen atoms in total. The molecule has 0 aliphatic carbocycles. The number of nitrogens with zero attached hydrogens (tertiary/aromatic N) is 1. The average molecular weight is 271 g/mol. The van der Waals surface area contributed by atoms with Crippen LogP contribution < -0.4 is 10.6 Å². The monoisotopic (exact) mass is 271 g/mol. The number of benzene rings is 1. The van der Waals surface area contributed by atoms with E-state index in [0.29, 0.717) is 12.2 Å². The molecule has 0 saturated heterocycles. The second kappa shape index (κ2) is 6.68. The Morgan fingerprint density at radius 2 is 2.05 bits per heavy atom. The largest absolute Gasteiger partial charge is 0.389 e. The van der Waals surface area contributed by atoms with Gasteiger partial charge in [0.1, 0.15) is 0 Å². The Balaban J connectivity index is 1.90. The van der Waals surface area contributed by atoms with E-state index < -0.39 is 6.10 Å². The van der Waals surface area contributed by atoms with Crippen molar-refractivity contribution < 1.29 is 9.90 Å². The van der Waals surface area contributed by atoms with Gasteiger partial charge in [-0.1, -0.05) is 12.1 Å². The maximum atomic E-state index is 11.8. The Kier molecular flexibility index (Phi) is 4.68. The predicted molar refractivity (Wildman–Crippen MR) is 77.2 cm³/mol. The third-order valence-electron chi connectivity index (χ3n) is 2.83. The van der Waals surface area contributed by atoms with Crippen LogP contribution in [-0.4, -0.2) is 16.1 Å². The van der Waals surface area contributed by atoms with E-state index in [1.807, 2.05) is 18.2 Å². The number of aromatic nitrogens is 1. The first kappa shape index (κ1) is 14.0. The van der Waals surface area contributed by atoms with E-state index >= 15 is 0 Å². The molecule has 1 unspecified atom stereocenters. The molecule has 0 radical (unpaired) electrons. The van der Waals surface area contributed by atoms with Gasteiger partial charge in [-0.3, -0.25) is 4.98 Å². The third kappa shape index (κ3) is 4.07. The lowest BCUT2D eigenvalue weighted by atomic mass is 10.1. The number of carbonyl (C=O) groups excluding carboxylic acids is 1. The number of hydrogen-bond acceptors (Lipinski definition) is 3. The van der Waals surface area contributed by atoms with Crippen LogP contribution in [-0.2, 0) is 6.54 Å². The summed E-state index contributed by atoms with van der Waals surface area (Å²) in [7, 11) is 0. The van der Waals surface area contributed by atoms with Gasteiger partial charge in [0.2, 0.25) is 0 Å². The highest BCUT2D eigenvalue weighted by Gasteiger charge is 2.04. The fourth-order valence-electron chi connectivity index (χ4n) is 1.73. The Morgan fingerprint density at radius 3 is 2.75 bits per heavy atom. The lowest BCUT2D eigenvalue weighted by Gasteiger charge is -2.10. The molecular weight excluding hydrogens is 254 g/mol. The average Bonchev–Trinajstić information content (AvgIpc) is 2.46. The van der Waals surface area contributed by atoms with Crippen molar-refractivity contribution >= 4 is 11.7 Å². The summed E-state index contributed by atoms with van der Waals surface area (Å²) in [5.74, 6) is 0. The molecule has 3 N–H and O–H groups in total. The number of urea groups is 1. The minimum Gasteiger partial charge on any atom is -0.389 e. The zero-order valence-electron chi connectivity index (χ0n) is 11.2. The van der Waals surface area contributed by atoms with Gasteiger partial charge >= 0.3 is 6.03 Å². The van der Waals surface area contributed by atoms with Crippen molar-refractivity contribution in [2.45, 2.75) is 19.6 Å². The maximum absolute atomic E-state index is 11.8. The van der Waals surface area contributed by atoms with Gasteiger partial charge in [0.15, 0.2) is 0 Å². The standard InChI is InChI=1S/C15H17N3O2/c1-11(19)13-3-2-4-14(9-13)18-15(20)17-10-12-5-7-16-8-6-12/h2-9,11,19H,10H2,1H3,(H2,17,18,20). The Hall–Kier alpha value is -2.40. The molecule has 1 aromatic heterocycles. The molecule has 1 atom stereocenters. The van der Waals surface area contributed by atoms with Gasteiger partial charge in [0, 0.05) is 24.6 Å². The number of aliphatic hydroxyl groups is 1. The van der Waals surface area contributed by atoms with Gasteiger partial charge in [-0.25, -0.2) is 4.79 Å². The number of pyridine rings is 1. The summed E-state index contributed by atoms with van der Waals surface area (Å²) < 4.78 is 0. The predicted octanol–water partition coefficient (Wildman–Crippen LogP) is 2.46. The van der Waals surface area contributed by atoms with E-state index in [1.54, 1.807) is 37.5 Å². The summed E-state index contributed by atoms with van der Waals surface area (Å²) >= 11 is 0. The summed E-state index contributed by atoms with van der Waals surface area (Å²) in [5, 5.41) is 15.0. The third-order valence-corrected chi connectivity index (χ3v) is 2.83. The Bertz CT molecular complexity index is 570. The van der Waals surface area contributed by atoms with Crippen molar-refractivity contribution in [1.29, 1.82) is 0 Å². The fraction of sp³-hybridized carbons (Fsp3) is 0.200. The van der Waals surface area contributed by atoms with Crippen LogP contribution >= 0.6 is 0 Å². The lowest BCUT2D eigenvalue weighted by molar-refractivity contribution is 0.199. The normalized spacial score (nSPS) is 11.7. The minimum absolute atomic E-state index is 0.287. The molecule has 0 aliphatic rings. The molecule has 0 bridgehead atoms. The molecule has 20 heavy (non-hydrogen) atoms. The number of rotatable bonds is 4. The smallest absolute Gasteiger partial charge is 0.319 e. The molecular formula is C15H17N3O2. The summed E-state index contributed by atoms with van der Waals surface area (Å²) in [6.07, 6.45) is 2.80. The minimum atomic E-state index is -0.559. The number of anilines is 1. The molecule has 2 aromatic rings. The molecule has 1 heterocycles. The van der Waals surface area contributed by atoms with Crippen LogP contribution in [0, 0.1) is 0 Å². The van der Waals surface area contributed by atoms with E-state index in [9.17, 15) is 9.90 Å². The SMILES string of the molecule is CC(O)c1cccc(NC(=O)NCc2ccncc2)c1. The number of nitrogens with one attached hydrogen (secondary N) is 2. The van der Waals surface area contributed by atoms with Gasteiger partial charge < -0.3 is 15.7 Å². The number of carbonyl (C=O) groups is 1. The highest BCUT2D eigenvalue weighted by Crippen LogP contribution is 2.16. The number of aliphatic hydroxyl groups excluding tert-OH is 1. The molecule has 0 saturated carbocycles. The molecule has 0 spiro atoms. The van der Waals surface area contributed by atoms with E-state index in [0.717, 1.165) is 11.1 Å². The summed E-state index contributed by atoms with van der Waals surface area (Å²) in [4.78, 5) is 15.7. The lowest BCUT2D eigenvalue weighted by Crippen LogP contribution is -2.28. The zero-order valence-corrected chi connectivity index (χ0v) is 11.2. The van der Waals surface area contributed by atoms with Crippen LogP contribution in [0.25, 0.3) is 0 Å². The van der Waals surface area contributed by atoms with Crippen LogP contribution in [0.3, 0.4) is 0 Å². The molecule has 1 aromatic carbocycles. The quantitative estimate of drug-likeness (QED) is 0.799. The first-order chi connectivity index (χ1) is 9.65. The zero-order chi connectivity index (χ0) is 14.4. The van der Waals surface area contributed by atoms with Crippen molar-refractivity contribution in [3.05, 3.63) is 59.9 Å². The maximum Gasteiger partial charge on any atom is 0.319 e. The first-order valence-electron chi connectivity index (χ1n) is 6.37. The molecule has 104 valence electrons. The number of amides is 2. The van der Waals surface area contributed by atoms with E-state index in [4.69, 9.17) is 0 Å². The molecule has 0 fully saturated rings. The van der Waals surface area contributed by atoms with E-state index in [2.05, 4.69) is 15.6 Å². The van der Waals surface area contributed by atoms with Crippen molar-refractivity contribution in [2.75, 3.05) is 5.32 Å². The van der Waals surface area contributed by atoms with Crippen molar-refractivity contribution in [2.24, 2.45) is 0 Å². The van der Waals surface area contributed by atoms with Crippen LogP contribution in [0.4, 0.5) is 10.5 Å². The Morgan fingerprint density at radius 1 is 1.30 bits per heavy atom. The van der Waals surface area contributed by atoms with E-state index in [-0.39, 0.29) is 6.03 Å². The van der Waals surface area contributed by atoms with Crippen molar-refractivity contribution in [3.8, 4) is 0 Å². The number of hydrogen-bond donors (Lipinski definition) is 3. The van der Waals surface area contributed by atoms with Gasteiger partial charge in [-0.15, -0.1) is 0 Å². The summed E-state index contributed by atoms with van der Waals surface area (Å²) in [6.45, 7) is 2.12. The van der Waals surface area contributed by atoms with Gasteiger partial charge in [-0.05, 0) is 42.3 Å². The van der Waals surface area contributed by atoms with Gasteiger partial charge in [0.05, 0.1) is 6.10 Å². The van der Waals surface area contributed by atoms with Crippen LogP contribution in [0.1, 0.15) is 24.2 Å². The summed E-state index contributed by atoms with van der Waals surface area (Å²) in [5.41, 5.74) is 2.39. The van der Waals surface area contributed by atoms with Crippen LogP contribution in [0.2, 0.25) is 0 Å². The fourth-order valence-corrected chi connectivity index (χ4v) is 1.73. The Labute approximate surface area is 117 Å². The van der Waals surface area contributed by atoms with Crippen molar-refractivity contribution in [1.82, 2.24) is 10.3 Å². The second-order valence-corrected chi connectivity index (χ2v) is 4.46. The van der Waals surface area contributed by atoms with Gasteiger partial charge in [0.25, 0.3) is 0 Å². The topological polar surface area (TPSA) is 74.2 Å². The highest BCUT2D eigenvalue weighted by atomic mass is 16.3. The first-order valence-corrected chi connectivity index (χ1v) is 6.37. The van der Waals surface area contributed by atoms with Crippen molar-refractivity contribution in [3.63, 3.8) is 0 Å². The van der Waals surface area contributed by atoms with Crippen LogP contribution in [0.5, 0.6) is 0 Å². The molecule has 2 amide bonds. The molecule has 5 heteroatoms. The van der Waals surface area contributed by atoms with Crippen LogP contribution in [0.15, 0.2) is 48.8 Å². The van der Waals surface area contributed by atoms with E-state index in [1.165, 1.54) is 0 Å².